The summed E-state index contributed by atoms with van der Waals surface area (Å²) in [4.78, 5) is 1.30. The third-order valence-electron chi connectivity index (χ3n) is 1.67. The van der Waals surface area contributed by atoms with E-state index in [1.807, 2.05) is 6.07 Å². The maximum absolute atomic E-state index is 5.74. The van der Waals surface area contributed by atoms with E-state index in [0.717, 1.165) is 0 Å². The van der Waals surface area contributed by atoms with Crippen LogP contribution in [-0.4, -0.2) is 6.54 Å². The molecule has 0 radical (unpaired) electrons. The van der Waals surface area contributed by atoms with Crippen molar-refractivity contribution < 1.29 is 0 Å². The molecule has 0 bridgehead atoms. The molecular weight excluding hydrogens is 225 g/mol. The van der Waals surface area contributed by atoms with Crippen molar-refractivity contribution in [3.63, 3.8) is 0 Å². The first-order chi connectivity index (χ1) is 6.24. The third-order valence-corrected chi connectivity index (χ3v) is 3.34. The van der Waals surface area contributed by atoms with Gasteiger partial charge in [-0.15, -0.1) is 11.3 Å². The summed E-state index contributed by atoms with van der Waals surface area (Å²) >= 11 is 12.9. The van der Waals surface area contributed by atoms with Crippen LogP contribution < -0.4 is 5.32 Å². The molecule has 0 aliphatic heterocycles. The molecule has 0 amide bonds. The second kappa shape index (κ2) is 5.66. The van der Waals surface area contributed by atoms with Crippen LogP contribution in [0.3, 0.4) is 0 Å². The largest absolute Gasteiger partial charge is 0.304 e. The van der Waals surface area contributed by atoms with Gasteiger partial charge in [0.25, 0.3) is 0 Å². The fourth-order valence-electron chi connectivity index (χ4n) is 0.927. The number of halogens is 2. The molecule has 1 nitrogen and oxygen atoms in total. The molecule has 1 atom stereocenters. The minimum atomic E-state index is 0.324. The lowest BCUT2D eigenvalue weighted by atomic mass is 10.3. The third kappa shape index (κ3) is 3.69. The highest BCUT2D eigenvalue weighted by Crippen LogP contribution is 2.18. The molecule has 13 heavy (non-hydrogen) atoms. The Hall–Kier alpha value is -0.0200. The van der Waals surface area contributed by atoms with Crippen molar-refractivity contribution in [2.75, 3.05) is 6.54 Å². The van der Waals surface area contributed by atoms with Crippen LogP contribution in [0.4, 0.5) is 0 Å². The molecule has 72 valence electrons. The van der Waals surface area contributed by atoms with E-state index in [1.165, 1.54) is 10.4 Å². The van der Waals surface area contributed by atoms with Gasteiger partial charge in [0.15, 0.2) is 0 Å². The smallest absolute Gasteiger partial charge is 0.0432 e. The predicted octanol–water partition coefficient (Wildman–Crippen LogP) is 3.72. The summed E-state index contributed by atoms with van der Waals surface area (Å²) in [7, 11) is 0. The van der Waals surface area contributed by atoms with Crippen LogP contribution in [0.25, 0.3) is 0 Å². The fourth-order valence-corrected chi connectivity index (χ4v) is 1.84. The molecule has 0 aliphatic rings. The van der Waals surface area contributed by atoms with Crippen LogP contribution in [0, 0.1) is 0 Å². The summed E-state index contributed by atoms with van der Waals surface area (Å²) in [5.74, 6) is 0. The maximum atomic E-state index is 5.74. The van der Waals surface area contributed by atoms with E-state index in [2.05, 4.69) is 23.7 Å². The zero-order valence-electron chi connectivity index (χ0n) is 7.26. The van der Waals surface area contributed by atoms with E-state index in [9.17, 15) is 0 Å². The maximum Gasteiger partial charge on any atom is 0.0432 e. The average molecular weight is 236 g/mol. The quantitative estimate of drug-likeness (QED) is 0.840. The van der Waals surface area contributed by atoms with E-state index >= 15 is 0 Å². The first-order valence-electron chi connectivity index (χ1n) is 3.95. The van der Waals surface area contributed by atoms with E-state index in [-0.39, 0.29) is 0 Å². The van der Waals surface area contributed by atoms with Crippen LogP contribution >= 0.6 is 34.5 Å². The molecule has 0 spiro atoms. The molecule has 1 aromatic rings. The number of hydrogen-bond donors (Lipinski definition) is 1. The SMILES string of the molecule is C[C@@H](NC/C(Cl)=C/Cl)c1cccs1. The minimum absolute atomic E-state index is 0.324. The summed E-state index contributed by atoms with van der Waals surface area (Å²) in [5.41, 5.74) is 1.38. The Morgan fingerprint density at radius 1 is 1.77 bits per heavy atom. The topological polar surface area (TPSA) is 12.0 Å². The second-order valence-electron chi connectivity index (χ2n) is 2.67. The first-order valence-corrected chi connectivity index (χ1v) is 5.65. The van der Waals surface area contributed by atoms with Crippen LogP contribution in [0.1, 0.15) is 17.8 Å². The summed E-state index contributed by atoms with van der Waals surface area (Å²) in [6.07, 6.45) is 0. The molecule has 4 heteroatoms. The van der Waals surface area contributed by atoms with Crippen LogP contribution in [0.2, 0.25) is 0 Å². The van der Waals surface area contributed by atoms with Crippen LogP contribution in [-0.2, 0) is 0 Å². The van der Waals surface area contributed by atoms with Crippen LogP contribution in [0.5, 0.6) is 0 Å². The van der Waals surface area contributed by atoms with Gasteiger partial charge in [-0.3, -0.25) is 0 Å². The molecule has 1 heterocycles. The van der Waals surface area contributed by atoms with Gasteiger partial charge >= 0.3 is 0 Å². The van der Waals surface area contributed by atoms with Gasteiger partial charge < -0.3 is 5.32 Å². The van der Waals surface area contributed by atoms with Gasteiger partial charge in [-0.1, -0.05) is 29.3 Å². The normalized spacial score (nSPS) is 14.5. The molecule has 0 saturated heterocycles. The molecule has 1 aromatic heterocycles. The number of rotatable bonds is 4. The van der Waals surface area contributed by atoms with Gasteiger partial charge in [0.2, 0.25) is 0 Å². The number of thiophene rings is 1. The minimum Gasteiger partial charge on any atom is -0.304 e. The highest BCUT2D eigenvalue weighted by Gasteiger charge is 2.04. The average Bonchev–Trinajstić information content (AvgIpc) is 2.66. The zero-order chi connectivity index (χ0) is 9.68. The summed E-state index contributed by atoms with van der Waals surface area (Å²) in [6, 6.07) is 4.46. The molecule has 0 saturated carbocycles. The highest BCUT2D eigenvalue weighted by atomic mass is 35.5. The van der Waals surface area contributed by atoms with Crippen molar-refractivity contribution in [3.05, 3.63) is 33.0 Å². The molecule has 0 aliphatic carbocycles. The predicted molar refractivity (Wildman–Crippen MR) is 60.5 cm³/mol. The van der Waals surface area contributed by atoms with Crippen molar-refractivity contribution in [1.29, 1.82) is 0 Å². The number of nitrogens with one attached hydrogen (secondary N) is 1. The van der Waals surface area contributed by atoms with Crippen LogP contribution in [0.15, 0.2) is 28.1 Å². The molecule has 0 aromatic carbocycles. The lowest BCUT2D eigenvalue weighted by molar-refractivity contribution is 0.624. The first kappa shape index (κ1) is 11.1. The second-order valence-corrected chi connectivity index (χ2v) is 4.36. The van der Waals surface area contributed by atoms with Gasteiger partial charge in [-0.2, -0.15) is 0 Å². The van der Waals surface area contributed by atoms with E-state index < -0.39 is 0 Å². The van der Waals surface area contributed by atoms with Crippen molar-refractivity contribution >= 4 is 34.5 Å². The Bertz CT molecular complexity index is 269. The van der Waals surface area contributed by atoms with E-state index in [0.29, 0.717) is 17.6 Å². The van der Waals surface area contributed by atoms with Crippen molar-refractivity contribution in [2.45, 2.75) is 13.0 Å². The Labute approximate surface area is 92.4 Å². The van der Waals surface area contributed by atoms with Gasteiger partial charge in [-0.05, 0) is 18.4 Å². The zero-order valence-corrected chi connectivity index (χ0v) is 9.59. The summed E-state index contributed by atoms with van der Waals surface area (Å²) < 4.78 is 0. The Morgan fingerprint density at radius 2 is 2.54 bits per heavy atom. The molecule has 0 fully saturated rings. The van der Waals surface area contributed by atoms with Crippen molar-refractivity contribution in [1.82, 2.24) is 5.32 Å². The van der Waals surface area contributed by atoms with Crippen molar-refractivity contribution in [2.24, 2.45) is 0 Å². The Kier molecular flexibility index (Phi) is 4.81. The van der Waals surface area contributed by atoms with Gasteiger partial charge in [-0.25, -0.2) is 0 Å². The molecule has 0 unspecified atom stereocenters. The molecular formula is C9H11Cl2NS. The van der Waals surface area contributed by atoms with Crippen molar-refractivity contribution in [3.8, 4) is 0 Å². The van der Waals surface area contributed by atoms with Gasteiger partial charge in [0.1, 0.15) is 0 Å². The lowest BCUT2D eigenvalue weighted by Crippen LogP contribution is -2.18. The molecule has 1 rings (SSSR count). The Balaban J connectivity index is 2.38. The summed E-state index contributed by atoms with van der Waals surface area (Å²) in [6.45, 7) is 2.72. The van der Waals surface area contributed by atoms with E-state index in [1.54, 1.807) is 11.3 Å². The van der Waals surface area contributed by atoms with Gasteiger partial charge in [0, 0.05) is 28.0 Å². The van der Waals surface area contributed by atoms with E-state index in [4.69, 9.17) is 23.2 Å². The molecule has 1 N–H and O–H groups in total. The lowest BCUT2D eigenvalue weighted by Gasteiger charge is -2.10. The standard InChI is InChI=1S/C9H11Cl2NS/c1-7(9-3-2-4-13-9)12-6-8(11)5-10/h2-5,7,12H,6H2,1H3/b8-5-/t7-/m1/s1. The number of hydrogen-bond acceptors (Lipinski definition) is 2. The fraction of sp³-hybridized carbons (Fsp3) is 0.333. The van der Waals surface area contributed by atoms with Gasteiger partial charge in [0.05, 0.1) is 0 Å². The monoisotopic (exact) mass is 235 g/mol. The highest BCUT2D eigenvalue weighted by molar-refractivity contribution is 7.10. The summed E-state index contributed by atoms with van der Waals surface area (Å²) in [5, 5.41) is 5.95. The Morgan fingerprint density at radius 3 is 3.08 bits per heavy atom.